The van der Waals surface area contributed by atoms with E-state index in [2.05, 4.69) is 19.8 Å². The van der Waals surface area contributed by atoms with Crippen LogP contribution in [0.3, 0.4) is 0 Å². The van der Waals surface area contributed by atoms with E-state index in [9.17, 15) is 14.0 Å². The molecule has 2 amide bonds. The van der Waals surface area contributed by atoms with Crippen LogP contribution in [0.1, 0.15) is 28.8 Å². The van der Waals surface area contributed by atoms with Crippen molar-refractivity contribution in [1.82, 2.24) is 19.8 Å². The summed E-state index contributed by atoms with van der Waals surface area (Å²) < 4.78 is 14.3. The van der Waals surface area contributed by atoms with Crippen molar-refractivity contribution in [3.63, 3.8) is 0 Å². The van der Waals surface area contributed by atoms with E-state index in [-0.39, 0.29) is 24.2 Å². The van der Waals surface area contributed by atoms with E-state index in [0.29, 0.717) is 44.2 Å². The Morgan fingerprint density at radius 1 is 0.865 bits per heavy atom. The van der Waals surface area contributed by atoms with E-state index in [1.807, 2.05) is 29.2 Å². The molecule has 0 bridgehead atoms. The van der Waals surface area contributed by atoms with Crippen LogP contribution in [-0.2, 0) is 11.3 Å². The van der Waals surface area contributed by atoms with Crippen LogP contribution in [0.15, 0.2) is 54.9 Å². The third-order valence-electron chi connectivity index (χ3n) is 7.49. The summed E-state index contributed by atoms with van der Waals surface area (Å²) in [5, 5.41) is 0. The number of halogens is 1. The lowest BCUT2D eigenvalue weighted by atomic mass is 10.0. The molecule has 6 rings (SSSR count). The van der Waals surface area contributed by atoms with Crippen LogP contribution in [-0.4, -0.2) is 77.4 Å². The van der Waals surface area contributed by atoms with E-state index in [4.69, 9.17) is 0 Å². The van der Waals surface area contributed by atoms with Crippen molar-refractivity contribution in [2.24, 2.45) is 0 Å². The lowest BCUT2D eigenvalue weighted by molar-refractivity contribution is -0.132. The van der Waals surface area contributed by atoms with Crippen molar-refractivity contribution >= 4 is 23.5 Å². The van der Waals surface area contributed by atoms with Crippen LogP contribution in [0.4, 0.5) is 16.0 Å². The summed E-state index contributed by atoms with van der Waals surface area (Å²) in [7, 11) is 0. The Morgan fingerprint density at radius 3 is 2.32 bits per heavy atom. The minimum Gasteiger partial charge on any atom is -0.367 e. The maximum atomic E-state index is 14.3. The van der Waals surface area contributed by atoms with Gasteiger partial charge in [-0.05, 0) is 42.7 Å². The topological polar surface area (TPSA) is 72.9 Å². The lowest BCUT2D eigenvalue weighted by Crippen LogP contribution is -2.51. The molecule has 2 saturated heterocycles. The second kappa shape index (κ2) is 9.80. The highest BCUT2D eigenvalue weighted by molar-refractivity contribution is 6.00. The molecule has 0 unspecified atom stereocenters. The molecule has 190 valence electrons. The van der Waals surface area contributed by atoms with Crippen molar-refractivity contribution in [1.29, 1.82) is 0 Å². The molecule has 3 aromatic rings. The lowest BCUT2D eigenvalue weighted by Gasteiger charge is -2.37. The number of amides is 2. The van der Waals surface area contributed by atoms with Gasteiger partial charge in [0, 0.05) is 80.6 Å². The highest BCUT2D eigenvalue weighted by Crippen LogP contribution is 2.32. The molecule has 0 saturated carbocycles. The van der Waals surface area contributed by atoms with E-state index >= 15 is 0 Å². The smallest absolute Gasteiger partial charge is 0.254 e. The summed E-state index contributed by atoms with van der Waals surface area (Å²) in [6.45, 7) is 4.79. The molecule has 2 fully saturated rings. The zero-order chi connectivity index (χ0) is 25.4. The van der Waals surface area contributed by atoms with Gasteiger partial charge in [-0.2, -0.15) is 0 Å². The minimum atomic E-state index is -0.313. The zero-order valence-corrected chi connectivity index (χ0v) is 20.6. The standard InChI is InChI=1S/C28H29FN6O2/c29-22-7-8-25(24(15-22)21-16-30-28(31-17-21)34-9-3-4-10-34)32-11-13-33(14-12-32)26(36)19-35-18-20-5-1-2-6-23(20)27(35)37/h1-2,5-8,15-17H,3-4,9-14,18-19H2. The Balaban J connectivity index is 1.12. The van der Waals surface area contributed by atoms with E-state index in [1.165, 1.54) is 12.1 Å². The number of piperazine rings is 1. The summed E-state index contributed by atoms with van der Waals surface area (Å²) >= 11 is 0. The molecule has 0 atom stereocenters. The van der Waals surface area contributed by atoms with Gasteiger partial charge < -0.3 is 19.6 Å². The van der Waals surface area contributed by atoms with Crippen molar-refractivity contribution in [2.75, 3.05) is 55.6 Å². The van der Waals surface area contributed by atoms with E-state index in [0.717, 1.165) is 48.3 Å². The number of nitrogens with zero attached hydrogens (tertiary/aromatic N) is 6. The Labute approximate surface area is 215 Å². The number of aromatic nitrogens is 2. The van der Waals surface area contributed by atoms with Gasteiger partial charge in [0.05, 0.1) is 0 Å². The first-order valence-corrected chi connectivity index (χ1v) is 12.8. The first-order valence-electron chi connectivity index (χ1n) is 12.8. The van der Waals surface area contributed by atoms with Gasteiger partial charge in [-0.1, -0.05) is 18.2 Å². The van der Waals surface area contributed by atoms with Crippen LogP contribution in [0.25, 0.3) is 11.1 Å². The molecular weight excluding hydrogens is 471 g/mol. The zero-order valence-electron chi connectivity index (χ0n) is 20.6. The maximum Gasteiger partial charge on any atom is 0.254 e. The molecular formula is C28H29FN6O2. The Kier molecular flexibility index (Phi) is 6.20. The van der Waals surface area contributed by atoms with Gasteiger partial charge in [0.1, 0.15) is 12.4 Å². The molecule has 9 heteroatoms. The molecule has 2 aromatic carbocycles. The van der Waals surface area contributed by atoms with Crippen molar-refractivity contribution in [2.45, 2.75) is 19.4 Å². The van der Waals surface area contributed by atoms with Crippen LogP contribution in [0.5, 0.6) is 0 Å². The second-order valence-electron chi connectivity index (χ2n) is 9.81. The molecule has 37 heavy (non-hydrogen) atoms. The quantitative estimate of drug-likeness (QED) is 0.536. The number of anilines is 2. The van der Waals surface area contributed by atoms with Crippen LogP contribution < -0.4 is 9.80 Å². The Morgan fingerprint density at radius 2 is 1.59 bits per heavy atom. The first kappa shape index (κ1) is 23.4. The maximum absolute atomic E-state index is 14.3. The average molecular weight is 501 g/mol. The summed E-state index contributed by atoms with van der Waals surface area (Å²) in [5.41, 5.74) is 4.06. The molecule has 1 aromatic heterocycles. The van der Waals surface area contributed by atoms with Gasteiger partial charge in [-0.3, -0.25) is 9.59 Å². The fourth-order valence-electron chi connectivity index (χ4n) is 5.46. The SMILES string of the molecule is O=C(CN1Cc2ccccc2C1=O)N1CCN(c2ccc(F)cc2-c2cnc(N3CCCC3)nc2)CC1. The third kappa shape index (κ3) is 4.61. The summed E-state index contributed by atoms with van der Waals surface area (Å²) in [6, 6.07) is 12.3. The van der Waals surface area contributed by atoms with Gasteiger partial charge in [0.2, 0.25) is 11.9 Å². The van der Waals surface area contributed by atoms with Crippen LogP contribution in [0.2, 0.25) is 0 Å². The van der Waals surface area contributed by atoms with E-state index < -0.39 is 0 Å². The monoisotopic (exact) mass is 500 g/mol. The summed E-state index contributed by atoms with van der Waals surface area (Å²) in [5.74, 6) is 0.265. The molecule has 8 nitrogen and oxygen atoms in total. The third-order valence-corrected chi connectivity index (χ3v) is 7.49. The molecule has 0 N–H and O–H groups in total. The fourth-order valence-corrected chi connectivity index (χ4v) is 5.46. The Hall–Kier alpha value is -4.01. The average Bonchev–Trinajstić information content (AvgIpc) is 3.58. The van der Waals surface area contributed by atoms with Crippen molar-refractivity contribution in [3.8, 4) is 11.1 Å². The predicted molar refractivity (Wildman–Crippen MR) is 139 cm³/mol. The van der Waals surface area contributed by atoms with Gasteiger partial charge in [0.15, 0.2) is 0 Å². The fraction of sp³-hybridized carbons (Fsp3) is 0.357. The van der Waals surface area contributed by atoms with Gasteiger partial charge >= 0.3 is 0 Å². The number of rotatable bonds is 5. The minimum absolute atomic E-state index is 0.0500. The molecule has 3 aliphatic heterocycles. The normalized spacial score (nSPS) is 17.5. The van der Waals surface area contributed by atoms with Crippen LogP contribution >= 0.6 is 0 Å². The molecule has 4 heterocycles. The van der Waals surface area contributed by atoms with Gasteiger partial charge in [-0.15, -0.1) is 0 Å². The molecule has 0 spiro atoms. The number of hydrogen-bond donors (Lipinski definition) is 0. The summed E-state index contributed by atoms with van der Waals surface area (Å²) in [4.78, 5) is 42.5. The highest BCUT2D eigenvalue weighted by atomic mass is 19.1. The highest BCUT2D eigenvalue weighted by Gasteiger charge is 2.31. The number of fused-ring (bicyclic) bond motifs is 1. The number of hydrogen-bond acceptors (Lipinski definition) is 6. The summed E-state index contributed by atoms with van der Waals surface area (Å²) in [6.07, 6.45) is 5.83. The van der Waals surface area contributed by atoms with Crippen molar-refractivity contribution < 1.29 is 14.0 Å². The largest absolute Gasteiger partial charge is 0.367 e. The van der Waals surface area contributed by atoms with Gasteiger partial charge in [0.25, 0.3) is 5.91 Å². The van der Waals surface area contributed by atoms with Crippen molar-refractivity contribution in [3.05, 3.63) is 71.8 Å². The van der Waals surface area contributed by atoms with Crippen LogP contribution in [0, 0.1) is 5.82 Å². The second-order valence-corrected chi connectivity index (χ2v) is 9.81. The predicted octanol–water partition coefficient (Wildman–Crippen LogP) is 3.19. The first-order chi connectivity index (χ1) is 18.1. The van der Waals surface area contributed by atoms with E-state index in [1.54, 1.807) is 23.4 Å². The molecule has 3 aliphatic rings. The number of carbonyl (C=O) groups excluding carboxylic acids is 2. The molecule has 0 radical (unpaired) electrons. The number of carbonyl (C=O) groups is 2. The Bertz CT molecular complexity index is 1320. The number of benzene rings is 2. The van der Waals surface area contributed by atoms with Gasteiger partial charge in [-0.25, -0.2) is 14.4 Å². The molecule has 0 aliphatic carbocycles.